The minimum atomic E-state index is -1.83. The molecule has 0 atom stereocenters. The van der Waals surface area contributed by atoms with Crippen LogP contribution in [-0.2, 0) is 0 Å². The topological polar surface area (TPSA) is 104 Å². The first-order valence-electron chi connectivity index (χ1n) is 12.1. The number of nitrogens with zero attached hydrogens (tertiary/aromatic N) is 4. The van der Waals surface area contributed by atoms with E-state index in [1.165, 1.54) is 12.1 Å². The Kier molecular flexibility index (Phi) is 25.6. The first-order chi connectivity index (χ1) is 22.6. The molecule has 0 spiro atoms. The smallest absolute Gasteiger partial charge is 0.314 e. The summed E-state index contributed by atoms with van der Waals surface area (Å²) in [5.74, 6) is -8.55. The maximum Gasteiger partial charge on any atom is 0.314 e. The van der Waals surface area contributed by atoms with Gasteiger partial charge in [-0.15, -0.1) is 0 Å². The van der Waals surface area contributed by atoms with Crippen LogP contribution < -0.4 is 18.0 Å². The Labute approximate surface area is 332 Å². The molecule has 264 valence electrons. The van der Waals surface area contributed by atoms with Gasteiger partial charge in [-0.1, -0.05) is 48.4 Å². The number of benzene rings is 4. The summed E-state index contributed by atoms with van der Waals surface area (Å²) < 4.78 is 69.0. The van der Waals surface area contributed by atoms with E-state index < -0.39 is 56.1 Å². The molecule has 0 unspecified atom stereocenters. The van der Waals surface area contributed by atoms with Crippen molar-refractivity contribution in [3.05, 3.63) is 150 Å². The molecule has 0 fully saturated rings. The fourth-order valence-corrected chi connectivity index (χ4v) is 3.40. The number of hydrogen-bond donors (Lipinski definition) is 0. The molecule has 0 bridgehead atoms. The molecule has 0 aliphatic rings. The molecule has 0 aliphatic carbocycles. The van der Waals surface area contributed by atoms with Crippen LogP contribution in [0.5, 0.6) is 11.5 Å². The van der Waals surface area contributed by atoms with E-state index in [-0.39, 0.29) is 18.9 Å². The molecule has 4 aromatic rings. The minimum absolute atomic E-state index is 0. The minimum Gasteiger partial charge on any atom is -0.448 e. The predicted molar refractivity (Wildman–Crippen MR) is 208 cm³/mol. The van der Waals surface area contributed by atoms with Crippen LogP contribution in [0.25, 0.3) is 9.69 Å². The number of hydrogen-bond acceptors (Lipinski definition) is 5. The number of nitro groups is 2. The number of ether oxygens (including phenoxy) is 1. The van der Waals surface area contributed by atoms with Gasteiger partial charge in [0.2, 0.25) is 23.2 Å². The van der Waals surface area contributed by atoms with E-state index in [9.17, 15) is 42.2 Å². The van der Waals surface area contributed by atoms with Crippen LogP contribution in [0.1, 0.15) is 24.1 Å². The molecule has 0 saturated heterocycles. The summed E-state index contributed by atoms with van der Waals surface area (Å²) in [6.07, 6.45) is 0. The van der Waals surface area contributed by atoms with Crippen molar-refractivity contribution in [3.8, 4) is 11.5 Å². The third-order valence-corrected chi connectivity index (χ3v) is 5.16. The molecule has 0 heterocycles. The summed E-state index contributed by atoms with van der Waals surface area (Å²) in [5.41, 5.74) is 2.16. The summed E-state index contributed by atoms with van der Waals surface area (Å²) in [4.78, 5) is 25.4. The third-order valence-electron chi connectivity index (χ3n) is 5.16. The van der Waals surface area contributed by atoms with Gasteiger partial charge in [0, 0.05) is 49.4 Å². The van der Waals surface area contributed by atoms with Crippen molar-refractivity contribution >= 4 is 97.2 Å². The number of nitro benzene ring substituents is 2. The average Bonchev–Trinajstić information content (AvgIpc) is 3.03. The summed E-state index contributed by atoms with van der Waals surface area (Å²) in [6, 6.07) is 12.7. The number of rotatable bonds is 4. The van der Waals surface area contributed by atoms with Gasteiger partial charge in [-0.3, -0.25) is 20.2 Å². The molecular weight excluding hydrogens is 1230 g/mol. The van der Waals surface area contributed by atoms with Crippen molar-refractivity contribution in [2.75, 3.05) is 0 Å². The van der Waals surface area contributed by atoms with Crippen molar-refractivity contribution in [1.29, 1.82) is 0 Å². The molecule has 4 rings (SSSR count). The van der Waals surface area contributed by atoms with E-state index in [4.69, 9.17) is 17.9 Å². The van der Waals surface area contributed by atoms with Gasteiger partial charge in [0.05, 0.1) is 23.0 Å². The van der Waals surface area contributed by atoms with Crippen molar-refractivity contribution in [2.24, 2.45) is 0 Å². The van der Waals surface area contributed by atoms with E-state index in [1.54, 1.807) is 13.0 Å². The zero-order valence-corrected chi connectivity index (χ0v) is 35.2. The second-order valence-corrected chi connectivity index (χ2v) is 24.9. The molecule has 0 saturated carbocycles. The van der Waals surface area contributed by atoms with Crippen molar-refractivity contribution in [1.82, 2.24) is 0 Å². The number of aryl methyl sites for hydroxylation is 3. The van der Waals surface area contributed by atoms with E-state index in [2.05, 4.69) is 90.2 Å². The van der Waals surface area contributed by atoms with E-state index in [0.29, 0.717) is 37.0 Å². The van der Waals surface area contributed by atoms with Gasteiger partial charge in [0.1, 0.15) is 5.75 Å². The largest absolute Gasteiger partial charge is 0.448 e. The molecule has 0 N–H and O–H groups in total. The SMILES string of the molecule is C.II.I[I-]I.O=[N+]([O-])c1ccc(F)c(F)c1F.[C-]#[N+]c1cc(C)cc(C)c1.[C-]#[N+]c1cc(C)cc(Oc2c([N+](=O)[O-])ccc(F)c2F)c1. The molecule has 19 heteroatoms. The summed E-state index contributed by atoms with van der Waals surface area (Å²) in [5, 5.41) is 20.8. The van der Waals surface area contributed by atoms with Crippen LogP contribution >= 0.6 is 74.5 Å². The molecular formula is C30H23F5I5N4O5-. The van der Waals surface area contributed by atoms with Gasteiger partial charge in [-0.05, 0) is 45.0 Å². The van der Waals surface area contributed by atoms with Gasteiger partial charge in [-0.2, -0.15) is 8.78 Å². The summed E-state index contributed by atoms with van der Waals surface area (Å²) >= 11 is 9.54. The normalized spacial score (nSPS) is 9.10. The summed E-state index contributed by atoms with van der Waals surface area (Å²) in [7, 11) is 0. The van der Waals surface area contributed by atoms with Crippen LogP contribution in [0.4, 0.5) is 44.7 Å². The van der Waals surface area contributed by atoms with Crippen LogP contribution in [-0.4, -0.2) is 9.85 Å². The Morgan fingerprint density at radius 2 is 1.06 bits per heavy atom. The average molecular weight is 1250 g/mol. The van der Waals surface area contributed by atoms with Crippen molar-refractivity contribution < 1.29 is 49.8 Å². The maximum absolute atomic E-state index is 13.7. The van der Waals surface area contributed by atoms with Gasteiger partial charge in [0.25, 0.3) is 0 Å². The maximum atomic E-state index is 13.7. The zero-order valence-electron chi connectivity index (χ0n) is 24.4. The first-order valence-corrected chi connectivity index (χ1v) is 31.0. The third kappa shape index (κ3) is 17.0. The molecule has 49 heavy (non-hydrogen) atoms. The molecule has 4 aromatic carbocycles. The van der Waals surface area contributed by atoms with Crippen LogP contribution in [0.3, 0.4) is 0 Å². The van der Waals surface area contributed by atoms with Crippen LogP contribution in [0.2, 0.25) is 0 Å². The fraction of sp³-hybridized carbons (Fsp3) is 0.133. The van der Waals surface area contributed by atoms with Gasteiger partial charge in [0.15, 0.2) is 23.0 Å². The Hall–Kier alpha value is -2.24. The van der Waals surface area contributed by atoms with Crippen molar-refractivity contribution in [2.45, 2.75) is 28.2 Å². The molecule has 0 aliphatic heterocycles. The second kappa shape index (κ2) is 25.7. The summed E-state index contributed by atoms with van der Waals surface area (Å²) in [6.45, 7) is 19.4. The van der Waals surface area contributed by atoms with E-state index in [1.807, 2.05) is 26.0 Å². The van der Waals surface area contributed by atoms with Crippen LogP contribution in [0.15, 0.2) is 60.7 Å². The standard InChI is InChI=1S/C14H8F2N2O3.C9H9N.C6H2F3NO2.CH4.I3.I2/c1-8-5-9(17-2)7-10(6-8)21-14-12(18(19)20)4-3-11(15)13(14)16;1-7-4-8(2)6-9(5-7)10-3;7-3-1-2-4(10(11)12)6(9)5(3)8;;1-3-2;1-2/h3-7H,1H3;4-6H,1-2H3;1-2H;1H4;;/q;;;;-1;. The Morgan fingerprint density at radius 1 is 0.673 bits per heavy atom. The Bertz CT molecular complexity index is 1810. The molecule has 9 nitrogen and oxygen atoms in total. The van der Waals surface area contributed by atoms with Gasteiger partial charge < -0.3 is 4.74 Å². The van der Waals surface area contributed by atoms with Gasteiger partial charge >= 0.3 is 61.9 Å². The van der Waals surface area contributed by atoms with E-state index >= 15 is 0 Å². The Morgan fingerprint density at radius 3 is 1.49 bits per heavy atom. The van der Waals surface area contributed by atoms with Crippen molar-refractivity contribution in [3.63, 3.8) is 0 Å². The number of halogens is 10. The molecule has 0 aromatic heterocycles. The molecule has 0 radical (unpaired) electrons. The fourth-order valence-electron chi connectivity index (χ4n) is 3.40. The predicted octanol–water partition coefficient (Wildman–Crippen LogP) is 10.6. The quantitative estimate of drug-likeness (QED) is 0.0506. The zero-order chi connectivity index (χ0) is 37.1. The second-order valence-electron chi connectivity index (χ2n) is 8.65. The van der Waals surface area contributed by atoms with Gasteiger partial charge in [-0.25, -0.2) is 22.9 Å². The first kappa shape index (κ1) is 48.9. The monoisotopic (exact) mass is 1250 g/mol. The van der Waals surface area contributed by atoms with Crippen LogP contribution in [0, 0.1) is 83.2 Å². The van der Waals surface area contributed by atoms with E-state index in [0.717, 1.165) is 22.9 Å². The Balaban J connectivity index is 0. The molecule has 0 amide bonds.